The van der Waals surface area contributed by atoms with Gasteiger partial charge >= 0.3 is 5.97 Å². The van der Waals surface area contributed by atoms with Crippen LogP contribution in [-0.4, -0.2) is 13.1 Å². The van der Waals surface area contributed by atoms with Crippen LogP contribution in [0.15, 0.2) is 51.7 Å². The van der Waals surface area contributed by atoms with Crippen molar-refractivity contribution < 1.29 is 13.9 Å². The summed E-state index contributed by atoms with van der Waals surface area (Å²) < 4.78 is 10.8. The van der Waals surface area contributed by atoms with Crippen LogP contribution >= 0.6 is 0 Å². The van der Waals surface area contributed by atoms with Gasteiger partial charge in [-0.2, -0.15) is 0 Å². The molecule has 0 saturated heterocycles. The minimum Gasteiger partial charge on any atom is -0.465 e. The quantitative estimate of drug-likeness (QED) is 0.658. The maximum atomic E-state index is 12.9. The monoisotopic (exact) mass is 336 g/mol. The summed E-state index contributed by atoms with van der Waals surface area (Å²) in [5.41, 5.74) is 3.53. The van der Waals surface area contributed by atoms with Crippen molar-refractivity contribution in [3.8, 4) is 11.3 Å². The van der Waals surface area contributed by atoms with E-state index < -0.39 is 5.97 Å². The molecule has 0 bridgehead atoms. The number of benzene rings is 2. The average molecular weight is 336 g/mol. The number of carbonyl (C=O) groups is 1. The van der Waals surface area contributed by atoms with E-state index in [4.69, 9.17) is 9.15 Å². The Bertz CT molecular complexity index is 981. The molecule has 0 atom stereocenters. The van der Waals surface area contributed by atoms with Gasteiger partial charge in [-0.1, -0.05) is 31.5 Å². The maximum absolute atomic E-state index is 12.9. The molecule has 128 valence electrons. The van der Waals surface area contributed by atoms with Gasteiger partial charge in [0, 0.05) is 11.1 Å². The van der Waals surface area contributed by atoms with E-state index in [2.05, 4.69) is 0 Å². The van der Waals surface area contributed by atoms with Crippen molar-refractivity contribution in [3.63, 3.8) is 0 Å². The Balaban J connectivity index is 2.21. The summed E-state index contributed by atoms with van der Waals surface area (Å²) in [6.07, 6.45) is 1.48. The molecule has 0 amide bonds. The van der Waals surface area contributed by atoms with Crippen molar-refractivity contribution in [2.45, 2.75) is 26.7 Å². The zero-order chi connectivity index (χ0) is 18.0. The highest BCUT2D eigenvalue weighted by atomic mass is 16.5. The topological polar surface area (TPSA) is 56.5 Å². The first-order valence-corrected chi connectivity index (χ1v) is 8.30. The first-order valence-electron chi connectivity index (χ1n) is 8.30. The zero-order valence-corrected chi connectivity index (χ0v) is 14.6. The second-order valence-corrected chi connectivity index (χ2v) is 6.06. The molecule has 0 fully saturated rings. The van der Waals surface area contributed by atoms with E-state index in [-0.39, 0.29) is 5.43 Å². The molecular weight excluding hydrogens is 316 g/mol. The highest BCUT2D eigenvalue weighted by molar-refractivity contribution is 5.90. The largest absolute Gasteiger partial charge is 0.465 e. The van der Waals surface area contributed by atoms with Gasteiger partial charge < -0.3 is 9.15 Å². The lowest BCUT2D eigenvalue weighted by Gasteiger charge is -2.10. The normalized spacial score (nSPS) is 10.8. The van der Waals surface area contributed by atoms with Crippen molar-refractivity contribution >= 4 is 16.9 Å². The highest BCUT2D eigenvalue weighted by Gasteiger charge is 2.16. The SMILES string of the molecule is CCCc1c(-c2ccc(C(=O)OC)cc2)oc2cc(C)ccc2c1=O. The third-order valence-corrected chi connectivity index (χ3v) is 4.21. The molecule has 3 aromatic rings. The molecule has 3 rings (SSSR count). The van der Waals surface area contributed by atoms with Gasteiger partial charge in [-0.25, -0.2) is 4.79 Å². The first kappa shape index (κ1) is 17.0. The smallest absolute Gasteiger partial charge is 0.337 e. The van der Waals surface area contributed by atoms with Gasteiger partial charge in [0.15, 0.2) is 5.43 Å². The molecule has 4 nitrogen and oxygen atoms in total. The second kappa shape index (κ2) is 6.93. The van der Waals surface area contributed by atoms with Gasteiger partial charge in [0.25, 0.3) is 0 Å². The van der Waals surface area contributed by atoms with Crippen molar-refractivity contribution in [2.24, 2.45) is 0 Å². The van der Waals surface area contributed by atoms with Crippen molar-refractivity contribution in [3.05, 3.63) is 69.4 Å². The Morgan fingerprint density at radius 2 is 1.84 bits per heavy atom. The van der Waals surface area contributed by atoms with Crippen LogP contribution in [0.1, 0.15) is 34.8 Å². The molecular formula is C21H20O4. The van der Waals surface area contributed by atoms with Gasteiger partial charge in [-0.3, -0.25) is 4.79 Å². The molecule has 0 aliphatic heterocycles. The number of hydrogen-bond acceptors (Lipinski definition) is 4. The van der Waals surface area contributed by atoms with Crippen LogP contribution in [0.4, 0.5) is 0 Å². The standard InChI is InChI=1S/C21H20O4/c1-4-5-17-19(22)16-11-6-13(2)12-18(16)25-20(17)14-7-9-15(10-8-14)21(23)24-3/h6-12H,4-5H2,1-3H3. The molecule has 0 aliphatic carbocycles. The highest BCUT2D eigenvalue weighted by Crippen LogP contribution is 2.27. The lowest BCUT2D eigenvalue weighted by molar-refractivity contribution is 0.0600. The third kappa shape index (κ3) is 3.20. The van der Waals surface area contributed by atoms with Gasteiger partial charge in [-0.05, 0) is 43.2 Å². The number of esters is 1. The molecule has 0 saturated carbocycles. The van der Waals surface area contributed by atoms with E-state index in [9.17, 15) is 9.59 Å². The molecule has 25 heavy (non-hydrogen) atoms. The molecule has 1 aromatic heterocycles. The molecule has 0 unspecified atom stereocenters. The van der Waals surface area contributed by atoms with Crippen LogP contribution in [0, 0.1) is 6.92 Å². The number of hydrogen-bond donors (Lipinski definition) is 0. The fourth-order valence-electron chi connectivity index (χ4n) is 2.92. The summed E-state index contributed by atoms with van der Waals surface area (Å²) in [6.45, 7) is 3.99. The van der Waals surface area contributed by atoms with Gasteiger partial charge in [0.2, 0.25) is 0 Å². The predicted octanol–water partition coefficient (Wildman–Crippen LogP) is 4.51. The molecule has 1 heterocycles. The maximum Gasteiger partial charge on any atom is 0.337 e. The predicted molar refractivity (Wildman–Crippen MR) is 98.0 cm³/mol. The van der Waals surface area contributed by atoms with Crippen molar-refractivity contribution in [1.82, 2.24) is 0 Å². The fourth-order valence-corrected chi connectivity index (χ4v) is 2.92. The molecule has 0 aliphatic rings. The number of aryl methyl sites for hydroxylation is 1. The van der Waals surface area contributed by atoms with E-state index in [1.54, 1.807) is 24.3 Å². The average Bonchev–Trinajstić information content (AvgIpc) is 2.63. The van der Waals surface area contributed by atoms with Crippen molar-refractivity contribution in [2.75, 3.05) is 7.11 Å². The number of ether oxygens (including phenoxy) is 1. The molecule has 0 N–H and O–H groups in total. The molecule has 2 aromatic carbocycles. The summed E-state index contributed by atoms with van der Waals surface area (Å²) >= 11 is 0. The summed E-state index contributed by atoms with van der Waals surface area (Å²) in [4.78, 5) is 24.5. The lowest BCUT2D eigenvalue weighted by atomic mass is 10.00. The van der Waals surface area contributed by atoms with Gasteiger partial charge in [-0.15, -0.1) is 0 Å². The number of methoxy groups -OCH3 is 1. The van der Waals surface area contributed by atoms with Crippen molar-refractivity contribution in [1.29, 1.82) is 0 Å². The van der Waals surface area contributed by atoms with Crippen LogP contribution in [-0.2, 0) is 11.2 Å². The molecule has 0 spiro atoms. The van der Waals surface area contributed by atoms with Gasteiger partial charge in [0.1, 0.15) is 11.3 Å². The lowest BCUT2D eigenvalue weighted by Crippen LogP contribution is -2.11. The Hall–Kier alpha value is -2.88. The van der Waals surface area contributed by atoms with E-state index in [0.29, 0.717) is 34.3 Å². The second-order valence-electron chi connectivity index (χ2n) is 6.06. The summed E-state index contributed by atoms with van der Waals surface area (Å²) in [6, 6.07) is 12.5. The third-order valence-electron chi connectivity index (χ3n) is 4.21. The van der Waals surface area contributed by atoms with Crippen LogP contribution in [0.25, 0.3) is 22.3 Å². The zero-order valence-electron chi connectivity index (χ0n) is 14.6. The summed E-state index contributed by atoms with van der Waals surface area (Å²) in [5, 5.41) is 0.601. The van der Waals surface area contributed by atoms with Crippen LogP contribution in [0.2, 0.25) is 0 Å². The summed E-state index contributed by atoms with van der Waals surface area (Å²) in [7, 11) is 1.35. The van der Waals surface area contributed by atoms with E-state index in [0.717, 1.165) is 17.5 Å². The minimum absolute atomic E-state index is 0.00939. The number of carbonyl (C=O) groups excluding carboxylic acids is 1. The first-order chi connectivity index (χ1) is 12.0. The molecule has 0 radical (unpaired) electrons. The van der Waals surface area contributed by atoms with E-state index in [1.165, 1.54) is 7.11 Å². The Morgan fingerprint density at radius 3 is 2.48 bits per heavy atom. The summed E-state index contributed by atoms with van der Waals surface area (Å²) in [5.74, 6) is 0.178. The Kier molecular flexibility index (Phi) is 4.70. The number of rotatable bonds is 4. The van der Waals surface area contributed by atoms with E-state index >= 15 is 0 Å². The Morgan fingerprint density at radius 1 is 1.12 bits per heavy atom. The van der Waals surface area contributed by atoms with Crippen LogP contribution < -0.4 is 5.43 Å². The number of fused-ring (bicyclic) bond motifs is 1. The Labute approximate surface area is 146 Å². The van der Waals surface area contributed by atoms with Crippen LogP contribution in [0.3, 0.4) is 0 Å². The minimum atomic E-state index is -0.393. The molecule has 4 heteroatoms. The van der Waals surface area contributed by atoms with Gasteiger partial charge in [0.05, 0.1) is 18.1 Å². The fraction of sp³-hybridized carbons (Fsp3) is 0.238. The van der Waals surface area contributed by atoms with Crippen LogP contribution in [0.5, 0.6) is 0 Å². The van der Waals surface area contributed by atoms with E-state index in [1.807, 2.05) is 32.0 Å².